The highest BCUT2D eigenvalue weighted by Gasteiger charge is 2.48. The predicted molar refractivity (Wildman–Crippen MR) is 255 cm³/mol. The van der Waals surface area contributed by atoms with Crippen molar-refractivity contribution in [1.29, 1.82) is 0 Å². The highest BCUT2D eigenvalue weighted by molar-refractivity contribution is 7.86. The molecule has 0 spiro atoms. The SMILES string of the molecule is CCN1/C(=C/C=C/C=C/C=C/C2=[N+](CCCCCC(=O)O)c3ccc(S(=O)(=O)O)cc3C2(C)CCOCCOCCOCCOCCOC)C(C)(CCCS(=O)(=O)O)c2cc(S(=O)(=O)[O-])ccc21. The van der Waals surface area contributed by atoms with Crippen LogP contribution in [0.1, 0.15) is 76.8 Å². The zero-order valence-corrected chi connectivity index (χ0v) is 41.7. The van der Waals surface area contributed by atoms with Crippen molar-refractivity contribution in [1.82, 2.24) is 0 Å². The van der Waals surface area contributed by atoms with Gasteiger partial charge in [0.25, 0.3) is 20.2 Å². The van der Waals surface area contributed by atoms with Crippen molar-refractivity contribution < 1.29 is 77.1 Å². The Morgan fingerprint density at radius 3 is 1.90 bits per heavy atom. The molecule has 2 aromatic carbocycles. The number of nitrogens with zero attached hydrogens (tertiary/aromatic N) is 2. The third kappa shape index (κ3) is 16.2. The summed E-state index contributed by atoms with van der Waals surface area (Å²) in [4.78, 5) is 12.5. The first-order chi connectivity index (χ1) is 32.2. The molecular formula is C47H66N2O16S3. The van der Waals surface area contributed by atoms with Crippen LogP contribution in [0, 0.1) is 0 Å². The fraction of sp³-hybridized carbons (Fsp3) is 0.532. The maximum atomic E-state index is 12.4. The lowest BCUT2D eigenvalue weighted by Crippen LogP contribution is -2.33. The van der Waals surface area contributed by atoms with Gasteiger partial charge in [0.05, 0.1) is 73.8 Å². The van der Waals surface area contributed by atoms with E-state index >= 15 is 0 Å². The van der Waals surface area contributed by atoms with E-state index in [9.17, 15) is 48.8 Å². The van der Waals surface area contributed by atoms with Gasteiger partial charge in [-0.2, -0.15) is 21.4 Å². The van der Waals surface area contributed by atoms with Crippen LogP contribution in [0.5, 0.6) is 0 Å². The van der Waals surface area contributed by atoms with E-state index in [1.807, 2.05) is 50.0 Å². The Hall–Kier alpha value is -4.13. The van der Waals surface area contributed by atoms with Crippen molar-refractivity contribution in [3.05, 3.63) is 95.8 Å². The first kappa shape index (κ1) is 56.5. The number of aliphatic carboxylic acids is 1. The van der Waals surface area contributed by atoms with E-state index in [-0.39, 0.29) is 30.8 Å². The van der Waals surface area contributed by atoms with Crippen LogP contribution in [-0.2, 0) is 69.7 Å². The summed E-state index contributed by atoms with van der Waals surface area (Å²) in [5, 5.41) is 9.19. The molecule has 0 amide bonds. The molecule has 0 saturated carbocycles. The maximum Gasteiger partial charge on any atom is 0.303 e. The molecule has 2 aliphatic heterocycles. The summed E-state index contributed by atoms with van der Waals surface area (Å²) in [6.07, 6.45) is 15.3. The number of likely N-dealkylation sites (N-methyl/N-ethyl adjacent to an activating group) is 1. The van der Waals surface area contributed by atoms with Crippen LogP contribution < -0.4 is 4.90 Å². The molecule has 2 aromatic rings. The molecule has 68 heavy (non-hydrogen) atoms. The minimum Gasteiger partial charge on any atom is -0.744 e. The Morgan fingerprint density at radius 1 is 0.721 bits per heavy atom. The molecule has 2 heterocycles. The van der Waals surface area contributed by atoms with Crippen molar-refractivity contribution in [3.8, 4) is 0 Å². The number of allylic oxidation sites excluding steroid dienone is 8. The van der Waals surface area contributed by atoms with Gasteiger partial charge in [0.1, 0.15) is 16.7 Å². The Morgan fingerprint density at radius 2 is 1.31 bits per heavy atom. The number of hydrogen-bond donors (Lipinski definition) is 3. The van der Waals surface area contributed by atoms with Gasteiger partial charge in [-0.1, -0.05) is 30.4 Å². The lowest BCUT2D eigenvalue weighted by molar-refractivity contribution is -0.438. The number of hydrogen-bond acceptors (Lipinski definition) is 14. The summed E-state index contributed by atoms with van der Waals surface area (Å²) < 4.78 is 133. The Labute approximate surface area is 401 Å². The summed E-state index contributed by atoms with van der Waals surface area (Å²) in [6, 6.07) is 8.67. The van der Waals surface area contributed by atoms with E-state index in [0.717, 1.165) is 17.1 Å². The molecule has 2 unspecified atom stereocenters. The molecule has 0 fully saturated rings. The van der Waals surface area contributed by atoms with Gasteiger partial charge in [0.2, 0.25) is 5.69 Å². The largest absolute Gasteiger partial charge is 0.744 e. The number of carbonyl (C=O) groups is 1. The van der Waals surface area contributed by atoms with Crippen LogP contribution in [-0.4, -0.2) is 146 Å². The zero-order chi connectivity index (χ0) is 50.0. The van der Waals surface area contributed by atoms with Crippen LogP contribution in [0.4, 0.5) is 11.4 Å². The van der Waals surface area contributed by atoms with Crippen molar-refractivity contribution in [3.63, 3.8) is 0 Å². The van der Waals surface area contributed by atoms with Gasteiger partial charge in [0.15, 0.2) is 5.71 Å². The molecule has 0 aliphatic carbocycles. The minimum absolute atomic E-state index is 0.0409. The van der Waals surface area contributed by atoms with Gasteiger partial charge < -0.3 is 38.2 Å². The molecule has 0 saturated heterocycles. The van der Waals surface area contributed by atoms with Crippen LogP contribution >= 0.6 is 0 Å². The van der Waals surface area contributed by atoms with Gasteiger partial charge in [-0.05, 0) is 94.8 Å². The normalized spacial score (nSPS) is 19.4. The van der Waals surface area contributed by atoms with Gasteiger partial charge in [-0.25, -0.2) is 8.42 Å². The molecule has 378 valence electrons. The number of anilines is 1. The topological polar surface area (TPSA) is 256 Å². The first-order valence-electron chi connectivity index (χ1n) is 22.5. The number of methoxy groups -OCH3 is 1. The minimum atomic E-state index is -4.79. The fourth-order valence-corrected chi connectivity index (χ4v) is 10.00. The van der Waals surface area contributed by atoms with Crippen molar-refractivity contribution in [2.75, 3.05) is 90.3 Å². The van der Waals surface area contributed by atoms with E-state index in [4.69, 9.17) is 23.7 Å². The van der Waals surface area contributed by atoms with Crippen LogP contribution in [0.25, 0.3) is 0 Å². The molecule has 3 N–H and O–H groups in total. The summed E-state index contributed by atoms with van der Waals surface area (Å²) >= 11 is 0. The van der Waals surface area contributed by atoms with Crippen molar-refractivity contribution >= 4 is 53.4 Å². The van der Waals surface area contributed by atoms with Gasteiger partial charge in [0, 0.05) is 67.6 Å². The molecule has 4 rings (SSSR count). The predicted octanol–water partition coefficient (Wildman–Crippen LogP) is 5.96. The molecule has 21 heteroatoms. The monoisotopic (exact) mass is 1010 g/mol. The van der Waals surface area contributed by atoms with E-state index in [0.29, 0.717) is 108 Å². The molecular weight excluding hydrogens is 945 g/mol. The second-order valence-electron chi connectivity index (χ2n) is 16.7. The van der Waals surface area contributed by atoms with E-state index in [2.05, 4.69) is 4.58 Å². The molecule has 2 aliphatic rings. The third-order valence-electron chi connectivity index (χ3n) is 11.9. The standard InChI is InChI=1S/C47H66N2O16S3/c1-5-48-41-20-18-37(67(55,56)57)35-39(41)46(2,22-14-34-66(52,53)54)43(48)15-10-7-6-8-11-16-44-47(3,23-25-62-28-29-64-32-33-65-31-30-63-27-26-61-4)40-36-38(68(58,59)60)19-21-42(40)49(44)24-13-9-12-17-45(50)51/h6-8,10-11,15-16,18-21,35-36H,5,9,12-14,17,22-34H2,1-4H3,(H3-,50,51,52,53,54,55,56,57,58,59,60). The summed E-state index contributed by atoms with van der Waals surface area (Å²) in [5.41, 5.74) is 2.51. The Balaban J connectivity index is 1.57. The number of fused-ring (bicyclic) bond motifs is 2. The second kappa shape index (κ2) is 26.2. The quantitative estimate of drug-likeness (QED) is 0.0331. The molecule has 18 nitrogen and oxygen atoms in total. The lowest BCUT2D eigenvalue weighted by Gasteiger charge is -2.30. The lowest BCUT2D eigenvalue weighted by atomic mass is 9.76. The summed E-state index contributed by atoms with van der Waals surface area (Å²) in [5.74, 6) is -1.37. The van der Waals surface area contributed by atoms with Gasteiger partial charge in [-0.3, -0.25) is 13.9 Å². The van der Waals surface area contributed by atoms with Crippen LogP contribution in [0.2, 0.25) is 0 Å². The first-order valence-corrected chi connectivity index (χ1v) is 27.0. The highest BCUT2D eigenvalue weighted by Crippen LogP contribution is 2.51. The summed E-state index contributed by atoms with van der Waals surface area (Å²) in [6.45, 7) is 10.3. The third-order valence-corrected chi connectivity index (χ3v) is 14.4. The smallest absolute Gasteiger partial charge is 0.303 e. The van der Waals surface area contributed by atoms with Crippen molar-refractivity contribution in [2.45, 2.75) is 86.3 Å². The zero-order valence-electron chi connectivity index (χ0n) is 39.2. The highest BCUT2D eigenvalue weighted by atomic mass is 32.2. The number of carboxylic acids is 1. The number of benzene rings is 2. The Kier molecular flexibility index (Phi) is 21.7. The molecule has 0 aromatic heterocycles. The fourth-order valence-electron chi connectivity index (χ4n) is 8.48. The average Bonchev–Trinajstić information content (AvgIpc) is 3.64. The Bertz CT molecular complexity index is 2520. The maximum absolute atomic E-state index is 12.4. The number of ether oxygens (including phenoxy) is 5. The van der Waals surface area contributed by atoms with E-state index in [1.165, 1.54) is 24.3 Å². The number of rotatable bonds is 32. The number of carboxylic acid groups (broad SMARTS) is 1. The molecule has 0 radical (unpaired) electrons. The van der Waals surface area contributed by atoms with E-state index < -0.39 is 57.8 Å². The molecule has 0 bridgehead atoms. The van der Waals surface area contributed by atoms with Crippen LogP contribution in [0.15, 0.2) is 94.4 Å². The second-order valence-corrected chi connectivity index (χ2v) is 21.1. The molecule has 2 atom stereocenters. The van der Waals surface area contributed by atoms with Gasteiger partial charge >= 0.3 is 5.97 Å². The van der Waals surface area contributed by atoms with Gasteiger partial charge in [-0.15, -0.1) is 0 Å². The summed E-state index contributed by atoms with van der Waals surface area (Å²) in [7, 11) is -12.0. The number of unbranched alkanes of at least 4 members (excludes halogenated alkanes) is 2. The van der Waals surface area contributed by atoms with E-state index in [1.54, 1.807) is 37.5 Å². The van der Waals surface area contributed by atoms with Crippen LogP contribution in [0.3, 0.4) is 0 Å². The van der Waals surface area contributed by atoms with Crippen molar-refractivity contribution in [2.24, 2.45) is 0 Å². The average molecular weight is 1010 g/mol.